The molecule has 1 unspecified atom stereocenters. The Morgan fingerprint density at radius 2 is 1.47 bits per heavy atom. The molecule has 0 amide bonds. The normalized spacial score (nSPS) is 12.1. The van der Waals surface area contributed by atoms with Crippen molar-refractivity contribution in [3.8, 4) is 17.2 Å². The van der Waals surface area contributed by atoms with Crippen molar-refractivity contribution in [2.24, 2.45) is 0 Å². The maximum Gasteiger partial charge on any atom is 0.130 e. The summed E-state index contributed by atoms with van der Waals surface area (Å²) in [5.41, 5.74) is 0.836. The minimum Gasteiger partial charge on any atom is -0.496 e. The summed E-state index contributed by atoms with van der Waals surface area (Å²) in [7, 11) is 4.78. The fraction of sp³-hybridized carbons (Fsp3) is 0.455. The van der Waals surface area contributed by atoms with Gasteiger partial charge in [-0.05, 0) is 6.92 Å². The van der Waals surface area contributed by atoms with Gasteiger partial charge in [-0.25, -0.2) is 0 Å². The highest BCUT2D eigenvalue weighted by molar-refractivity contribution is 6.21. The maximum atomic E-state index is 6.07. The van der Waals surface area contributed by atoms with Gasteiger partial charge in [0.1, 0.15) is 17.2 Å². The summed E-state index contributed by atoms with van der Waals surface area (Å²) in [6.07, 6.45) is 0. The zero-order chi connectivity index (χ0) is 11.4. The van der Waals surface area contributed by atoms with Crippen LogP contribution in [0.15, 0.2) is 12.1 Å². The van der Waals surface area contributed by atoms with Crippen molar-refractivity contribution in [3.63, 3.8) is 0 Å². The molecule has 0 aliphatic carbocycles. The van der Waals surface area contributed by atoms with Crippen LogP contribution in [0.4, 0.5) is 0 Å². The van der Waals surface area contributed by atoms with Crippen molar-refractivity contribution in [2.45, 2.75) is 12.3 Å². The Balaban J connectivity index is 3.32. The smallest absolute Gasteiger partial charge is 0.130 e. The molecule has 84 valence electrons. The predicted octanol–water partition coefficient (Wildman–Crippen LogP) is 3.01. The molecule has 0 radical (unpaired) electrons. The Labute approximate surface area is 94.9 Å². The SMILES string of the molecule is COc1cc(OC)c(C(C)Cl)c(OC)c1. The minimum absolute atomic E-state index is 0.180. The van der Waals surface area contributed by atoms with Gasteiger partial charge in [-0.3, -0.25) is 0 Å². The molecular weight excluding hydrogens is 216 g/mol. The Morgan fingerprint density at radius 1 is 1.00 bits per heavy atom. The van der Waals surface area contributed by atoms with E-state index in [9.17, 15) is 0 Å². The number of methoxy groups -OCH3 is 3. The van der Waals surface area contributed by atoms with Crippen LogP contribution in [0.2, 0.25) is 0 Å². The summed E-state index contributed by atoms with van der Waals surface area (Å²) in [6.45, 7) is 1.87. The number of hydrogen-bond donors (Lipinski definition) is 0. The summed E-state index contributed by atoms with van der Waals surface area (Å²) >= 11 is 6.07. The van der Waals surface area contributed by atoms with Gasteiger partial charge in [-0.2, -0.15) is 0 Å². The summed E-state index contributed by atoms with van der Waals surface area (Å²) in [5.74, 6) is 2.03. The second-order valence-electron chi connectivity index (χ2n) is 3.06. The van der Waals surface area contributed by atoms with Crippen molar-refractivity contribution < 1.29 is 14.2 Å². The third-order valence-electron chi connectivity index (χ3n) is 2.15. The average Bonchev–Trinajstić information content (AvgIpc) is 2.26. The molecule has 15 heavy (non-hydrogen) atoms. The third kappa shape index (κ3) is 2.48. The monoisotopic (exact) mass is 230 g/mol. The quantitative estimate of drug-likeness (QED) is 0.745. The van der Waals surface area contributed by atoms with Crippen molar-refractivity contribution in [2.75, 3.05) is 21.3 Å². The molecule has 0 fully saturated rings. The van der Waals surface area contributed by atoms with E-state index in [2.05, 4.69) is 0 Å². The van der Waals surface area contributed by atoms with Crippen LogP contribution in [0.25, 0.3) is 0 Å². The van der Waals surface area contributed by atoms with Gasteiger partial charge in [0.15, 0.2) is 0 Å². The van der Waals surface area contributed by atoms with Crippen molar-refractivity contribution in [1.29, 1.82) is 0 Å². The standard InChI is InChI=1S/C11H15ClO3/c1-7(12)11-9(14-3)5-8(13-2)6-10(11)15-4/h5-7H,1-4H3. The number of ether oxygens (including phenoxy) is 3. The van der Waals surface area contributed by atoms with Crippen LogP contribution in [0.3, 0.4) is 0 Å². The predicted molar refractivity (Wildman–Crippen MR) is 60.4 cm³/mol. The van der Waals surface area contributed by atoms with Gasteiger partial charge < -0.3 is 14.2 Å². The van der Waals surface area contributed by atoms with Gasteiger partial charge in [0.25, 0.3) is 0 Å². The number of halogens is 1. The first-order valence-corrected chi connectivity index (χ1v) is 5.01. The Hall–Kier alpha value is -1.09. The summed E-state index contributed by atoms with van der Waals surface area (Å²) in [6, 6.07) is 3.58. The van der Waals surface area contributed by atoms with E-state index in [1.54, 1.807) is 33.5 Å². The largest absolute Gasteiger partial charge is 0.496 e. The van der Waals surface area contributed by atoms with E-state index in [4.69, 9.17) is 25.8 Å². The van der Waals surface area contributed by atoms with Crippen molar-refractivity contribution in [3.05, 3.63) is 17.7 Å². The molecular formula is C11H15ClO3. The Bertz CT molecular complexity index is 312. The second-order valence-corrected chi connectivity index (χ2v) is 3.72. The molecule has 0 saturated carbocycles. The van der Waals surface area contributed by atoms with Crippen molar-refractivity contribution >= 4 is 11.6 Å². The number of alkyl halides is 1. The van der Waals surface area contributed by atoms with Crippen LogP contribution in [0, 0.1) is 0 Å². The minimum atomic E-state index is -0.180. The van der Waals surface area contributed by atoms with Crippen LogP contribution in [-0.2, 0) is 0 Å². The molecule has 1 aromatic carbocycles. The molecule has 0 aliphatic heterocycles. The van der Waals surface area contributed by atoms with Gasteiger partial charge >= 0.3 is 0 Å². The Kier molecular flexibility index (Phi) is 4.09. The summed E-state index contributed by atoms with van der Waals surface area (Å²) in [4.78, 5) is 0. The first kappa shape index (κ1) is 12.0. The molecule has 0 heterocycles. The molecule has 0 aromatic heterocycles. The molecule has 0 bridgehead atoms. The highest BCUT2D eigenvalue weighted by atomic mass is 35.5. The molecule has 1 rings (SSSR count). The van der Waals surface area contributed by atoms with Gasteiger partial charge in [0.2, 0.25) is 0 Å². The van der Waals surface area contributed by atoms with Gasteiger partial charge in [0.05, 0.1) is 32.3 Å². The lowest BCUT2D eigenvalue weighted by Gasteiger charge is -2.16. The van der Waals surface area contributed by atoms with Crippen molar-refractivity contribution in [1.82, 2.24) is 0 Å². The van der Waals surface area contributed by atoms with Crippen LogP contribution in [-0.4, -0.2) is 21.3 Å². The lowest BCUT2D eigenvalue weighted by Crippen LogP contribution is -1.98. The van der Waals surface area contributed by atoms with E-state index in [0.717, 1.165) is 5.56 Å². The van der Waals surface area contributed by atoms with Crippen LogP contribution >= 0.6 is 11.6 Å². The molecule has 0 saturated heterocycles. The summed E-state index contributed by atoms with van der Waals surface area (Å²) in [5, 5.41) is -0.180. The third-order valence-corrected chi connectivity index (χ3v) is 2.37. The first-order chi connectivity index (χ1) is 7.13. The van der Waals surface area contributed by atoms with Gasteiger partial charge in [0, 0.05) is 12.1 Å². The fourth-order valence-corrected chi connectivity index (χ4v) is 1.64. The van der Waals surface area contributed by atoms with E-state index in [1.165, 1.54) is 0 Å². The number of benzene rings is 1. The lowest BCUT2D eigenvalue weighted by molar-refractivity contribution is 0.369. The molecule has 0 N–H and O–H groups in total. The number of rotatable bonds is 4. The highest BCUT2D eigenvalue weighted by Crippen LogP contribution is 2.40. The summed E-state index contributed by atoms with van der Waals surface area (Å²) < 4.78 is 15.6. The average molecular weight is 231 g/mol. The molecule has 0 aliphatic rings. The van der Waals surface area contributed by atoms with Crippen LogP contribution in [0.1, 0.15) is 17.9 Å². The number of hydrogen-bond acceptors (Lipinski definition) is 3. The fourth-order valence-electron chi connectivity index (χ4n) is 1.42. The molecule has 1 aromatic rings. The van der Waals surface area contributed by atoms with E-state index in [-0.39, 0.29) is 5.38 Å². The molecule has 0 spiro atoms. The van der Waals surface area contributed by atoms with E-state index >= 15 is 0 Å². The van der Waals surface area contributed by atoms with Crippen LogP contribution in [0.5, 0.6) is 17.2 Å². The maximum absolute atomic E-state index is 6.07. The molecule has 4 heteroatoms. The van der Waals surface area contributed by atoms with Gasteiger partial charge in [-0.15, -0.1) is 11.6 Å². The van der Waals surface area contributed by atoms with Gasteiger partial charge in [-0.1, -0.05) is 0 Å². The van der Waals surface area contributed by atoms with E-state index in [1.807, 2.05) is 6.92 Å². The van der Waals surface area contributed by atoms with E-state index in [0.29, 0.717) is 17.2 Å². The van der Waals surface area contributed by atoms with E-state index < -0.39 is 0 Å². The molecule has 1 atom stereocenters. The first-order valence-electron chi connectivity index (χ1n) is 4.58. The van der Waals surface area contributed by atoms with Crippen LogP contribution < -0.4 is 14.2 Å². The molecule has 3 nitrogen and oxygen atoms in total. The highest BCUT2D eigenvalue weighted by Gasteiger charge is 2.17. The zero-order valence-electron chi connectivity index (χ0n) is 9.33. The lowest BCUT2D eigenvalue weighted by atomic mass is 10.1. The zero-order valence-corrected chi connectivity index (χ0v) is 10.1. The topological polar surface area (TPSA) is 27.7 Å². The second kappa shape index (κ2) is 5.12. The Morgan fingerprint density at radius 3 is 1.73 bits per heavy atom.